The fraction of sp³-hybridized carbons (Fsp3) is 0.714. The standard InChI is InChI=1S/C7H12NO2PS/c1-4-7-5-6-10-11(12,9-3)8(7)2/h1,7H,5-6H2,2-3H3. The molecule has 5 heteroatoms. The molecule has 1 fully saturated rings. The largest absolute Gasteiger partial charge is 0.321 e. The fourth-order valence-corrected chi connectivity index (χ4v) is 3.07. The maximum Gasteiger partial charge on any atom is 0.264 e. The fourth-order valence-electron chi connectivity index (χ4n) is 1.10. The van der Waals surface area contributed by atoms with E-state index in [0.29, 0.717) is 6.61 Å². The highest BCUT2D eigenvalue weighted by molar-refractivity contribution is 8.08. The van der Waals surface area contributed by atoms with E-state index in [0.717, 1.165) is 6.42 Å². The van der Waals surface area contributed by atoms with Gasteiger partial charge in [-0.25, -0.2) is 4.67 Å². The lowest BCUT2D eigenvalue weighted by Crippen LogP contribution is -2.34. The molecule has 12 heavy (non-hydrogen) atoms. The summed E-state index contributed by atoms with van der Waals surface area (Å²) in [6, 6.07) is 0.0598. The van der Waals surface area contributed by atoms with Crippen molar-refractivity contribution in [1.82, 2.24) is 4.67 Å². The zero-order chi connectivity index (χ0) is 9.19. The molecule has 0 aliphatic carbocycles. The van der Waals surface area contributed by atoms with Crippen LogP contribution in [0.3, 0.4) is 0 Å². The van der Waals surface area contributed by atoms with E-state index in [1.165, 1.54) is 0 Å². The molecule has 0 aromatic heterocycles. The summed E-state index contributed by atoms with van der Waals surface area (Å²) in [5.74, 6) is 2.67. The molecule has 0 amide bonds. The Morgan fingerprint density at radius 1 is 1.83 bits per heavy atom. The van der Waals surface area contributed by atoms with Crippen molar-refractivity contribution in [2.24, 2.45) is 0 Å². The van der Waals surface area contributed by atoms with Crippen molar-refractivity contribution >= 4 is 18.4 Å². The number of rotatable bonds is 1. The maximum absolute atomic E-state index is 5.39. The highest BCUT2D eigenvalue weighted by Gasteiger charge is 2.33. The first-order valence-corrected chi connectivity index (χ1v) is 6.23. The van der Waals surface area contributed by atoms with Crippen molar-refractivity contribution < 1.29 is 9.05 Å². The van der Waals surface area contributed by atoms with Crippen molar-refractivity contribution in [1.29, 1.82) is 0 Å². The van der Waals surface area contributed by atoms with Crippen LogP contribution in [0.5, 0.6) is 0 Å². The van der Waals surface area contributed by atoms with Crippen molar-refractivity contribution in [3.63, 3.8) is 0 Å². The Bertz CT molecular complexity index is 250. The molecule has 1 heterocycles. The zero-order valence-corrected chi connectivity index (χ0v) is 8.90. The SMILES string of the molecule is C#CC1CCOP(=S)(OC)N1C. The average Bonchev–Trinajstić information content (AvgIpc) is 2.10. The molecule has 0 aromatic rings. The van der Waals surface area contributed by atoms with Crippen molar-refractivity contribution in [3.8, 4) is 12.3 Å². The van der Waals surface area contributed by atoms with Crippen LogP contribution in [0, 0.1) is 12.3 Å². The van der Waals surface area contributed by atoms with Gasteiger partial charge in [-0.15, -0.1) is 6.42 Å². The van der Waals surface area contributed by atoms with Crippen LogP contribution in [-0.4, -0.2) is 31.5 Å². The van der Waals surface area contributed by atoms with Gasteiger partial charge in [0.15, 0.2) is 0 Å². The zero-order valence-electron chi connectivity index (χ0n) is 7.19. The van der Waals surface area contributed by atoms with Crippen LogP contribution < -0.4 is 0 Å². The van der Waals surface area contributed by atoms with Gasteiger partial charge in [0.1, 0.15) is 0 Å². The second-order valence-corrected chi connectivity index (χ2v) is 6.10. The molecular formula is C7H12NO2PS. The molecule has 2 atom stereocenters. The number of hydrogen-bond acceptors (Lipinski definition) is 3. The minimum atomic E-state index is -2.23. The Labute approximate surface area is 78.3 Å². The summed E-state index contributed by atoms with van der Waals surface area (Å²) in [6.07, 6.45) is 6.17. The summed E-state index contributed by atoms with van der Waals surface area (Å²) >= 11 is 5.22. The second kappa shape index (κ2) is 3.87. The molecule has 1 aliphatic rings. The molecule has 0 bridgehead atoms. The molecule has 1 aliphatic heterocycles. The average molecular weight is 205 g/mol. The van der Waals surface area contributed by atoms with E-state index in [9.17, 15) is 0 Å². The second-order valence-electron chi connectivity index (χ2n) is 2.53. The van der Waals surface area contributed by atoms with E-state index in [1.54, 1.807) is 7.11 Å². The Kier molecular flexibility index (Phi) is 3.28. The molecule has 0 N–H and O–H groups in total. The minimum absolute atomic E-state index is 0.0598. The molecule has 0 saturated carbocycles. The van der Waals surface area contributed by atoms with Gasteiger partial charge in [-0.05, 0) is 25.3 Å². The lowest BCUT2D eigenvalue weighted by atomic mass is 10.2. The minimum Gasteiger partial charge on any atom is -0.321 e. The van der Waals surface area contributed by atoms with Crippen LogP contribution in [0.25, 0.3) is 0 Å². The Hall–Kier alpha value is 0.0900. The van der Waals surface area contributed by atoms with Gasteiger partial charge in [-0.2, -0.15) is 0 Å². The van der Waals surface area contributed by atoms with Crippen LogP contribution >= 0.6 is 6.64 Å². The molecule has 3 nitrogen and oxygen atoms in total. The highest BCUT2D eigenvalue weighted by Crippen LogP contribution is 2.54. The Morgan fingerprint density at radius 3 is 3.00 bits per heavy atom. The smallest absolute Gasteiger partial charge is 0.264 e. The summed E-state index contributed by atoms with van der Waals surface area (Å²) < 4.78 is 12.4. The summed E-state index contributed by atoms with van der Waals surface area (Å²) in [6.45, 7) is -1.63. The van der Waals surface area contributed by atoms with Crippen LogP contribution in [0.15, 0.2) is 0 Å². The van der Waals surface area contributed by atoms with Crippen molar-refractivity contribution in [3.05, 3.63) is 0 Å². The molecule has 0 spiro atoms. The van der Waals surface area contributed by atoms with Crippen molar-refractivity contribution in [2.75, 3.05) is 20.8 Å². The van der Waals surface area contributed by atoms with Gasteiger partial charge >= 0.3 is 0 Å². The molecule has 1 rings (SSSR count). The van der Waals surface area contributed by atoms with E-state index < -0.39 is 6.64 Å². The quantitative estimate of drug-likeness (QED) is 0.474. The van der Waals surface area contributed by atoms with Crippen LogP contribution in [-0.2, 0) is 20.9 Å². The van der Waals surface area contributed by atoms with Gasteiger partial charge in [0.05, 0.1) is 12.6 Å². The summed E-state index contributed by atoms with van der Waals surface area (Å²) in [5, 5.41) is 0. The first kappa shape index (κ1) is 10.2. The highest BCUT2D eigenvalue weighted by atomic mass is 32.5. The molecule has 0 radical (unpaired) electrons. The molecule has 68 valence electrons. The Balaban J connectivity index is 2.80. The van der Waals surface area contributed by atoms with E-state index in [-0.39, 0.29) is 6.04 Å². The number of hydrogen-bond donors (Lipinski definition) is 0. The van der Waals surface area contributed by atoms with E-state index in [1.807, 2.05) is 11.7 Å². The molecule has 0 aromatic carbocycles. The summed E-state index contributed by atoms with van der Waals surface area (Å²) in [5.41, 5.74) is 0. The van der Waals surface area contributed by atoms with Crippen LogP contribution in [0.2, 0.25) is 0 Å². The van der Waals surface area contributed by atoms with Gasteiger partial charge in [0.25, 0.3) is 6.64 Å². The Morgan fingerprint density at radius 2 is 2.50 bits per heavy atom. The summed E-state index contributed by atoms with van der Waals surface area (Å²) in [7, 11) is 3.42. The van der Waals surface area contributed by atoms with E-state index in [4.69, 9.17) is 27.3 Å². The predicted octanol–water partition coefficient (Wildman–Crippen LogP) is 1.21. The third kappa shape index (κ3) is 1.71. The summed E-state index contributed by atoms with van der Waals surface area (Å²) in [4.78, 5) is 0. The number of terminal acetylenes is 1. The van der Waals surface area contributed by atoms with Crippen molar-refractivity contribution in [2.45, 2.75) is 12.5 Å². The first-order valence-electron chi connectivity index (χ1n) is 3.64. The molecular weight excluding hydrogens is 193 g/mol. The topological polar surface area (TPSA) is 21.7 Å². The monoisotopic (exact) mass is 205 g/mol. The van der Waals surface area contributed by atoms with Gasteiger partial charge in [0, 0.05) is 7.11 Å². The van der Waals surface area contributed by atoms with Gasteiger partial charge in [0.2, 0.25) is 0 Å². The van der Waals surface area contributed by atoms with Gasteiger partial charge in [-0.3, -0.25) is 0 Å². The van der Waals surface area contributed by atoms with Gasteiger partial charge < -0.3 is 9.05 Å². The molecule has 2 unspecified atom stereocenters. The lowest BCUT2D eigenvalue weighted by Gasteiger charge is -2.37. The first-order chi connectivity index (χ1) is 5.64. The van der Waals surface area contributed by atoms with Crippen LogP contribution in [0.1, 0.15) is 6.42 Å². The normalized spacial score (nSPS) is 37.6. The number of nitrogens with zero attached hydrogens (tertiary/aromatic N) is 1. The predicted molar refractivity (Wildman–Crippen MR) is 52.2 cm³/mol. The third-order valence-corrected chi connectivity index (χ3v) is 5.46. The lowest BCUT2D eigenvalue weighted by molar-refractivity contribution is 0.177. The van der Waals surface area contributed by atoms with E-state index >= 15 is 0 Å². The molecule has 1 saturated heterocycles. The van der Waals surface area contributed by atoms with E-state index in [2.05, 4.69) is 5.92 Å². The van der Waals surface area contributed by atoms with Gasteiger partial charge in [-0.1, -0.05) is 5.92 Å². The third-order valence-electron chi connectivity index (χ3n) is 1.91. The maximum atomic E-state index is 5.39. The van der Waals surface area contributed by atoms with Crippen LogP contribution in [0.4, 0.5) is 0 Å².